The third kappa shape index (κ3) is 4.34. The summed E-state index contributed by atoms with van der Waals surface area (Å²) in [6.07, 6.45) is 4.56. The number of hydrogen-bond acceptors (Lipinski definition) is 6. The molecule has 1 saturated carbocycles. The summed E-state index contributed by atoms with van der Waals surface area (Å²) >= 11 is 6.19. The standard InChI is InChI=1S/C25H27ClFN7O2/c1-2-3-20(35)32-7-6-25(14-32)9-18(10-25)34-23(28)21(24(29)36)22(31-34)16-11-30-33(13-16)12-15-8-17(27)4-5-19(15)26/h4-5,8,11,13,18,24,36H,6-7,9-10,12,14,28-29H2,1H3. The third-order valence-electron chi connectivity index (χ3n) is 7.17. The molecule has 188 valence electrons. The maximum atomic E-state index is 13.6. The van der Waals surface area contributed by atoms with Crippen LogP contribution in [0.15, 0.2) is 30.6 Å². The van der Waals surface area contributed by atoms with Crippen LogP contribution in [0, 0.1) is 23.1 Å². The Morgan fingerprint density at radius 3 is 2.92 bits per heavy atom. The monoisotopic (exact) mass is 511 g/mol. The number of aromatic nitrogens is 4. The highest BCUT2D eigenvalue weighted by atomic mass is 35.5. The summed E-state index contributed by atoms with van der Waals surface area (Å²) in [4.78, 5) is 14.0. The highest BCUT2D eigenvalue weighted by molar-refractivity contribution is 6.31. The van der Waals surface area contributed by atoms with Crippen molar-refractivity contribution in [3.63, 3.8) is 0 Å². The Bertz CT molecular complexity index is 1380. The predicted octanol–water partition coefficient (Wildman–Crippen LogP) is 2.70. The first kappa shape index (κ1) is 24.3. The molecule has 2 aromatic heterocycles. The zero-order chi connectivity index (χ0) is 25.6. The number of carbonyl (C=O) groups is 1. The first-order valence-electron chi connectivity index (χ1n) is 11.7. The molecule has 5 rings (SSSR count). The summed E-state index contributed by atoms with van der Waals surface area (Å²) in [5.74, 6) is 5.07. The second-order valence-corrected chi connectivity index (χ2v) is 10.0. The van der Waals surface area contributed by atoms with Crippen molar-refractivity contribution in [1.82, 2.24) is 24.5 Å². The van der Waals surface area contributed by atoms with E-state index in [-0.39, 0.29) is 29.7 Å². The molecule has 11 heteroatoms. The van der Waals surface area contributed by atoms with E-state index in [0.717, 1.165) is 19.3 Å². The molecule has 1 unspecified atom stereocenters. The van der Waals surface area contributed by atoms with Crippen LogP contribution < -0.4 is 11.5 Å². The fourth-order valence-corrected chi connectivity index (χ4v) is 5.57. The molecule has 1 atom stereocenters. The Morgan fingerprint density at radius 2 is 2.19 bits per heavy atom. The Kier molecular flexibility index (Phi) is 6.24. The Hall–Kier alpha value is -3.39. The van der Waals surface area contributed by atoms with E-state index in [2.05, 4.69) is 16.9 Å². The number of benzene rings is 1. The van der Waals surface area contributed by atoms with Crippen LogP contribution in [0.4, 0.5) is 10.2 Å². The number of aliphatic hydroxyl groups excluding tert-OH is 1. The molecule has 1 amide bonds. The molecule has 1 saturated heterocycles. The van der Waals surface area contributed by atoms with Gasteiger partial charge in [0, 0.05) is 29.9 Å². The van der Waals surface area contributed by atoms with E-state index in [1.54, 1.807) is 33.6 Å². The molecule has 5 N–H and O–H groups in total. The predicted molar refractivity (Wildman–Crippen MR) is 133 cm³/mol. The molecule has 1 aromatic carbocycles. The Labute approximate surface area is 212 Å². The number of likely N-dealkylation sites (tertiary alicyclic amines) is 1. The number of rotatable bonds is 5. The minimum absolute atomic E-state index is 0.0321. The molecule has 2 aliphatic rings. The van der Waals surface area contributed by atoms with Gasteiger partial charge in [-0.25, -0.2) is 9.07 Å². The Morgan fingerprint density at radius 1 is 1.42 bits per heavy atom. The zero-order valence-electron chi connectivity index (χ0n) is 19.8. The van der Waals surface area contributed by atoms with Gasteiger partial charge in [-0.1, -0.05) is 17.5 Å². The molecule has 3 heterocycles. The summed E-state index contributed by atoms with van der Waals surface area (Å²) in [6, 6.07) is 4.20. The van der Waals surface area contributed by atoms with Gasteiger partial charge >= 0.3 is 0 Å². The number of amides is 1. The lowest BCUT2D eigenvalue weighted by molar-refractivity contribution is -0.125. The lowest BCUT2D eigenvalue weighted by Crippen LogP contribution is -2.42. The quantitative estimate of drug-likeness (QED) is 0.357. The van der Waals surface area contributed by atoms with Crippen LogP contribution in [-0.4, -0.2) is 48.6 Å². The lowest BCUT2D eigenvalue weighted by atomic mass is 9.65. The van der Waals surface area contributed by atoms with E-state index in [0.29, 0.717) is 46.3 Å². The minimum Gasteiger partial charge on any atom is -0.384 e. The van der Waals surface area contributed by atoms with Gasteiger partial charge in [0.1, 0.15) is 23.6 Å². The molecular formula is C25H27ClFN7O2. The van der Waals surface area contributed by atoms with Gasteiger partial charge < -0.3 is 21.5 Å². The fourth-order valence-electron chi connectivity index (χ4n) is 5.40. The summed E-state index contributed by atoms with van der Waals surface area (Å²) in [7, 11) is 0. The van der Waals surface area contributed by atoms with Gasteiger partial charge in [0.15, 0.2) is 0 Å². The van der Waals surface area contributed by atoms with Gasteiger partial charge in [0.05, 0.1) is 24.3 Å². The molecule has 0 bridgehead atoms. The number of anilines is 1. The zero-order valence-corrected chi connectivity index (χ0v) is 20.5. The van der Waals surface area contributed by atoms with Crippen molar-refractivity contribution in [3.05, 3.63) is 52.6 Å². The van der Waals surface area contributed by atoms with E-state index in [4.69, 9.17) is 28.2 Å². The maximum Gasteiger partial charge on any atom is 0.298 e. The van der Waals surface area contributed by atoms with Crippen molar-refractivity contribution in [2.24, 2.45) is 11.1 Å². The molecule has 0 radical (unpaired) electrons. The van der Waals surface area contributed by atoms with Crippen LogP contribution in [0.25, 0.3) is 11.3 Å². The second kappa shape index (κ2) is 9.24. The van der Waals surface area contributed by atoms with Crippen molar-refractivity contribution < 1.29 is 14.3 Å². The third-order valence-corrected chi connectivity index (χ3v) is 7.54. The smallest absolute Gasteiger partial charge is 0.298 e. The molecule has 36 heavy (non-hydrogen) atoms. The summed E-state index contributed by atoms with van der Waals surface area (Å²) in [6.45, 7) is 3.29. The summed E-state index contributed by atoms with van der Waals surface area (Å²) in [5, 5.41) is 19.8. The van der Waals surface area contributed by atoms with Crippen molar-refractivity contribution in [2.45, 2.75) is 45.0 Å². The van der Waals surface area contributed by atoms with E-state index < -0.39 is 6.23 Å². The minimum atomic E-state index is -1.32. The number of hydrogen-bond donors (Lipinski definition) is 3. The number of nitrogen functional groups attached to an aromatic ring is 1. The van der Waals surface area contributed by atoms with E-state index in [1.165, 1.54) is 18.2 Å². The number of carbonyl (C=O) groups excluding carboxylic acids is 1. The fraction of sp³-hybridized carbons (Fsp3) is 0.400. The molecule has 3 aromatic rings. The van der Waals surface area contributed by atoms with Crippen LogP contribution in [-0.2, 0) is 11.3 Å². The molecule has 9 nitrogen and oxygen atoms in total. The van der Waals surface area contributed by atoms with Gasteiger partial charge in [0.2, 0.25) is 0 Å². The van der Waals surface area contributed by atoms with Crippen LogP contribution in [0.3, 0.4) is 0 Å². The summed E-state index contributed by atoms with van der Waals surface area (Å²) in [5.41, 5.74) is 14.3. The highest BCUT2D eigenvalue weighted by Crippen LogP contribution is 2.55. The van der Waals surface area contributed by atoms with Gasteiger partial charge in [0.25, 0.3) is 5.91 Å². The average molecular weight is 512 g/mol. The second-order valence-electron chi connectivity index (χ2n) is 9.61. The van der Waals surface area contributed by atoms with Crippen molar-refractivity contribution >= 4 is 23.3 Å². The van der Waals surface area contributed by atoms with Gasteiger partial charge in [-0.2, -0.15) is 10.2 Å². The Balaban J connectivity index is 1.36. The van der Waals surface area contributed by atoms with Gasteiger partial charge in [-0.15, -0.1) is 0 Å². The average Bonchev–Trinajstić information content (AvgIpc) is 3.52. The topological polar surface area (TPSA) is 128 Å². The molecular weight excluding hydrogens is 485 g/mol. The van der Waals surface area contributed by atoms with Crippen LogP contribution in [0.1, 0.15) is 49.6 Å². The van der Waals surface area contributed by atoms with E-state index >= 15 is 0 Å². The molecule has 1 aliphatic carbocycles. The molecule has 1 aliphatic heterocycles. The van der Waals surface area contributed by atoms with Crippen LogP contribution >= 0.6 is 11.6 Å². The first-order chi connectivity index (χ1) is 17.2. The maximum absolute atomic E-state index is 13.6. The number of nitrogens with zero attached hydrogens (tertiary/aromatic N) is 5. The number of halogens is 2. The largest absolute Gasteiger partial charge is 0.384 e. The van der Waals surface area contributed by atoms with Crippen molar-refractivity contribution in [2.75, 3.05) is 18.8 Å². The number of aliphatic hydroxyl groups is 1. The van der Waals surface area contributed by atoms with Crippen LogP contribution in [0.2, 0.25) is 5.02 Å². The lowest BCUT2D eigenvalue weighted by Gasteiger charge is -2.45. The van der Waals surface area contributed by atoms with Crippen LogP contribution in [0.5, 0.6) is 0 Å². The van der Waals surface area contributed by atoms with E-state index in [9.17, 15) is 14.3 Å². The van der Waals surface area contributed by atoms with Gasteiger partial charge in [-0.3, -0.25) is 9.48 Å². The molecule has 2 fully saturated rings. The highest BCUT2D eigenvalue weighted by Gasteiger charge is 2.51. The first-order valence-corrected chi connectivity index (χ1v) is 12.1. The van der Waals surface area contributed by atoms with Crippen molar-refractivity contribution in [3.8, 4) is 23.1 Å². The van der Waals surface area contributed by atoms with E-state index in [1.807, 2.05) is 0 Å². The normalized spacial score (nSPS) is 21.8. The van der Waals surface area contributed by atoms with Gasteiger partial charge in [-0.05, 0) is 61.3 Å². The SMILES string of the molecule is CC#CC(=O)N1CCC2(CC(n3nc(-c4cnn(Cc5cc(F)ccc5Cl)c4)c(C(N)O)c3N)C2)C1. The van der Waals surface area contributed by atoms with Crippen molar-refractivity contribution in [1.29, 1.82) is 0 Å². The molecule has 1 spiro atoms. The summed E-state index contributed by atoms with van der Waals surface area (Å²) < 4.78 is 17.0. The number of nitrogens with two attached hydrogens (primary N) is 2.